The third-order valence-corrected chi connectivity index (χ3v) is 4.22. The second kappa shape index (κ2) is 5.87. The lowest BCUT2D eigenvalue weighted by Gasteiger charge is -1.97. The number of furan rings is 1. The van der Waals surface area contributed by atoms with Crippen molar-refractivity contribution in [2.24, 2.45) is 0 Å². The molecule has 0 radical (unpaired) electrons. The molecule has 0 fully saturated rings. The molecule has 0 atom stereocenters. The number of ketones is 1. The van der Waals surface area contributed by atoms with Crippen LogP contribution in [0.5, 0.6) is 0 Å². The number of allylic oxidation sites excluding steroid dienone is 1. The average Bonchev–Trinajstić information content (AvgIpc) is 3.21. The number of non-ortho nitro benzene ring substituents is 1. The molecule has 1 aromatic heterocycles. The first kappa shape index (κ1) is 15.1. The van der Waals surface area contributed by atoms with E-state index in [4.69, 9.17) is 4.42 Å². The highest BCUT2D eigenvalue weighted by Gasteiger charge is 2.24. The van der Waals surface area contributed by atoms with Crippen molar-refractivity contribution in [2.45, 2.75) is 6.42 Å². The number of benzene rings is 2. The lowest BCUT2D eigenvalue weighted by Crippen LogP contribution is -1.94. The maximum absolute atomic E-state index is 12.4. The summed E-state index contributed by atoms with van der Waals surface area (Å²) in [5.74, 6) is 1.10. The van der Waals surface area contributed by atoms with Crippen molar-refractivity contribution in [3.05, 3.63) is 93.2 Å². The van der Waals surface area contributed by atoms with E-state index in [0.717, 1.165) is 11.1 Å². The van der Waals surface area contributed by atoms with Crippen LogP contribution in [0.15, 0.2) is 70.7 Å². The van der Waals surface area contributed by atoms with Gasteiger partial charge in [0.2, 0.25) is 0 Å². The van der Waals surface area contributed by atoms with E-state index in [2.05, 4.69) is 0 Å². The van der Waals surface area contributed by atoms with E-state index in [1.807, 2.05) is 24.3 Å². The van der Waals surface area contributed by atoms with Gasteiger partial charge >= 0.3 is 0 Å². The quantitative estimate of drug-likeness (QED) is 0.397. The Morgan fingerprint density at radius 1 is 1.04 bits per heavy atom. The van der Waals surface area contributed by atoms with E-state index in [0.29, 0.717) is 29.1 Å². The first-order valence-corrected chi connectivity index (χ1v) is 7.79. The van der Waals surface area contributed by atoms with Gasteiger partial charge in [0.15, 0.2) is 5.78 Å². The van der Waals surface area contributed by atoms with Gasteiger partial charge in [0.05, 0.1) is 4.92 Å². The fraction of sp³-hybridized carbons (Fsp3) is 0.0500. The molecule has 0 aliphatic heterocycles. The molecule has 25 heavy (non-hydrogen) atoms. The Morgan fingerprint density at radius 3 is 2.68 bits per heavy atom. The third-order valence-electron chi connectivity index (χ3n) is 4.22. The second-order valence-electron chi connectivity index (χ2n) is 5.84. The number of Topliss-reactive ketones (excluding diaryl/α,β-unsaturated/α-hetero) is 1. The monoisotopic (exact) mass is 331 g/mol. The number of nitro benzene ring substituents is 1. The van der Waals surface area contributed by atoms with Crippen molar-refractivity contribution in [3.8, 4) is 11.3 Å². The number of carbonyl (C=O) groups is 1. The molecule has 5 heteroatoms. The number of rotatable bonds is 3. The summed E-state index contributed by atoms with van der Waals surface area (Å²) in [6.45, 7) is 0. The number of fused-ring (bicyclic) bond motifs is 1. The maximum Gasteiger partial charge on any atom is 0.270 e. The van der Waals surface area contributed by atoms with E-state index in [-0.39, 0.29) is 11.5 Å². The fourth-order valence-corrected chi connectivity index (χ4v) is 3.00. The number of nitrogens with zero attached hydrogens (tertiary/aromatic N) is 1. The maximum atomic E-state index is 12.4. The molecule has 2 aromatic carbocycles. The largest absolute Gasteiger partial charge is 0.457 e. The molecule has 0 N–H and O–H groups in total. The normalized spacial score (nSPS) is 14.7. The highest BCUT2D eigenvalue weighted by molar-refractivity contribution is 6.15. The van der Waals surface area contributed by atoms with Gasteiger partial charge in [-0.15, -0.1) is 0 Å². The van der Waals surface area contributed by atoms with Crippen LogP contribution in [-0.2, 0) is 6.42 Å². The summed E-state index contributed by atoms with van der Waals surface area (Å²) in [5, 5.41) is 10.9. The molecule has 3 aromatic rings. The van der Waals surface area contributed by atoms with Crippen LogP contribution < -0.4 is 0 Å². The first-order chi connectivity index (χ1) is 12.1. The Labute approximate surface area is 143 Å². The molecule has 122 valence electrons. The Bertz CT molecular complexity index is 1030. The molecule has 0 saturated heterocycles. The van der Waals surface area contributed by atoms with Crippen LogP contribution in [0.1, 0.15) is 21.7 Å². The van der Waals surface area contributed by atoms with Gasteiger partial charge in [-0.25, -0.2) is 0 Å². The molecular weight excluding hydrogens is 318 g/mol. The van der Waals surface area contributed by atoms with Crippen molar-refractivity contribution >= 4 is 17.5 Å². The summed E-state index contributed by atoms with van der Waals surface area (Å²) in [7, 11) is 0. The molecule has 0 bridgehead atoms. The minimum atomic E-state index is -0.441. The van der Waals surface area contributed by atoms with E-state index >= 15 is 0 Å². The van der Waals surface area contributed by atoms with Gasteiger partial charge in [0, 0.05) is 35.3 Å². The zero-order valence-electron chi connectivity index (χ0n) is 13.1. The standard InChI is InChI=1S/C20H13NO4/c22-20-15(10-13-4-1-2-7-18(13)20)12-17-8-9-19(25-17)14-5-3-6-16(11-14)21(23)24/h1-9,11-12H,10H2. The van der Waals surface area contributed by atoms with Crippen molar-refractivity contribution < 1.29 is 14.1 Å². The molecule has 1 aliphatic carbocycles. The van der Waals surface area contributed by atoms with Crippen LogP contribution in [0.3, 0.4) is 0 Å². The van der Waals surface area contributed by atoms with Crippen LogP contribution in [0.4, 0.5) is 5.69 Å². The number of hydrogen-bond donors (Lipinski definition) is 0. The molecular formula is C20H13NO4. The van der Waals surface area contributed by atoms with Crippen molar-refractivity contribution in [2.75, 3.05) is 0 Å². The summed E-state index contributed by atoms with van der Waals surface area (Å²) in [6, 6.07) is 17.3. The van der Waals surface area contributed by atoms with Gasteiger partial charge in [-0.1, -0.05) is 36.4 Å². The van der Waals surface area contributed by atoms with Crippen LogP contribution in [0.2, 0.25) is 0 Å². The van der Waals surface area contributed by atoms with Gasteiger partial charge in [-0.3, -0.25) is 14.9 Å². The highest BCUT2D eigenvalue weighted by Crippen LogP contribution is 2.30. The van der Waals surface area contributed by atoms with Gasteiger partial charge in [-0.2, -0.15) is 0 Å². The summed E-state index contributed by atoms with van der Waals surface area (Å²) in [5.41, 5.74) is 3.07. The highest BCUT2D eigenvalue weighted by atomic mass is 16.6. The summed E-state index contributed by atoms with van der Waals surface area (Å²) in [4.78, 5) is 22.9. The Hall–Kier alpha value is -3.47. The van der Waals surface area contributed by atoms with Gasteiger partial charge < -0.3 is 4.42 Å². The second-order valence-corrected chi connectivity index (χ2v) is 5.84. The number of hydrogen-bond acceptors (Lipinski definition) is 4. The first-order valence-electron chi connectivity index (χ1n) is 7.79. The molecule has 1 heterocycles. The lowest BCUT2D eigenvalue weighted by molar-refractivity contribution is -0.384. The van der Waals surface area contributed by atoms with Crippen molar-refractivity contribution in [1.29, 1.82) is 0 Å². The molecule has 0 spiro atoms. The fourth-order valence-electron chi connectivity index (χ4n) is 3.00. The molecule has 0 saturated carbocycles. The Balaban J connectivity index is 1.64. The Morgan fingerprint density at radius 2 is 1.88 bits per heavy atom. The summed E-state index contributed by atoms with van der Waals surface area (Å²) >= 11 is 0. The minimum absolute atomic E-state index is 0.00947. The third kappa shape index (κ3) is 2.76. The average molecular weight is 331 g/mol. The predicted molar refractivity (Wildman–Crippen MR) is 93.3 cm³/mol. The topological polar surface area (TPSA) is 73.3 Å². The summed E-state index contributed by atoms with van der Waals surface area (Å²) in [6.07, 6.45) is 2.32. The Kier molecular flexibility index (Phi) is 3.54. The van der Waals surface area contributed by atoms with E-state index < -0.39 is 4.92 Å². The van der Waals surface area contributed by atoms with E-state index in [9.17, 15) is 14.9 Å². The van der Waals surface area contributed by atoms with E-state index in [1.54, 1.807) is 30.3 Å². The number of nitro groups is 1. The van der Waals surface area contributed by atoms with E-state index in [1.165, 1.54) is 12.1 Å². The van der Waals surface area contributed by atoms with Crippen LogP contribution in [0.25, 0.3) is 17.4 Å². The van der Waals surface area contributed by atoms with Gasteiger partial charge in [0.25, 0.3) is 5.69 Å². The zero-order valence-corrected chi connectivity index (χ0v) is 13.1. The van der Waals surface area contributed by atoms with Crippen LogP contribution in [-0.4, -0.2) is 10.7 Å². The predicted octanol–water partition coefficient (Wildman–Crippen LogP) is 4.68. The molecule has 0 amide bonds. The molecule has 4 rings (SSSR count). The molecule has 1 aliphatic rings. The van der Waals surface area contributed by atoms with Crippen molar-refractivity contribution in [1.82, 2.24) is 0 Å². The smallest absolute Gasteiger partial charge is 0.270 e. The van der Waals surface area contributed by atoms with Crippen LogP contribution in [0, 0.1) is 10.1 Å². The SMILES string of the molecule is O=C1C(=Cc2ccc(-c3cccc([N+](=O)[O-])c3)o2)Cc2ccccc21. The van der Waals surface area contributed by atoms with Crippen molar-refractivity contribution in [3.63, 3.8) is 0 Å². The number of carbonyl (C=O) groups excluding carboxylic acids is 1. The molecule has 5 nitrogen and oxygen atoms in total. The minimum Gasteiger partial charge on any atom is -0.457 e. The molecule has 0 unspecified atom stereocenters. The van der Waals surface area contributed by atoms with Gasteiger partial charge in [-0.05, 0) is 23.8 Å². The summed E-state index contributed by atoms with van der Waals surface area (Å²) < 4.78 is 5.76. The zero-order chi connectivity index (χ0) is 17.4. The lowest BCUT2D eigenvalue weighted by atomic mass is 10.1. The van der Waals surface area contributed by atoms with Crippen LogP contribution >= 0.6 is 0 Å². The van der Waals surface area contributed by atoms with Gasteiger partial charge in [0.1, 0.15) is 11.5 Å².